The maximum absolute atomic E-state index is 13.4. The van der Waals surface area contributed by atoms with Crippen molar-refractivity contribution >= 4 is 21.8 Å². The van der Waals surface area contributed by atoms with Gasteiger partial charge in [-0.1, -0.05) is 12.1 Å². The molecule has 5 rings (SSSR count). The second-order valence-corrected chi connectivity index (χ2v) is 12.5. The van der Waals surface area contributed by atoms with Gasteiger partial charge < -0.3 is 16.0 Å². The van der Waals surface area contributed by atoms with Gasteiger partial charge in [0.25, 0.3) is 11.8 Å². The van der Waals surface area contributed by atoms with Gasteiger partial charge in [0.2, 0.25) is 10.0 Å². The Balaban J connectivity index is 1.28. The molecular weight excluding hydrogens is 494 g/mol. The lowest BCUT2D eigenvalue weighted by molar-refractivity contribution is 0.0723. The van der Waals surface area contributed by atoms with Crippen molar-refractivity contribution in [2.75, 3.05) is 26.2 Å². The summed E-state index contributed by atoms with van der Waals surface area (Å²) in [6.07, 6.45) is 2.77. The SMILES string of the molecule is Cn1nc(C(=O)NCc2ccc(C#N)cc2)c2c1C(=O)N(CC1(S(=O)(=O)N3CCC(N)CC3)CC1)CC2. The monoisotopic (exact) mass is 525 g/mol. The van der Waals surface area contributed by atoms with E-state index in [-0.39, 0.29) is 36.6 Å². The summed E-state index contributed by atoms with van der Waals surface area (Å²) >= 11 is 0. The molecule has 0 radical (unpaired) electrons. The molecule has 12 heteroatoms. The Morgan fingerprint density at radius 2 is 1.89 bits per heavy atom. The summed E-state index contributed by atoms with van der Waals surface area (Å²) in [4.78, 5) is 28.0. The molecule has 196 valence electrons. The first-order valence-electron chi connectivity index (χ1n) is 12.5. The van der Waals surface area contributed by atoms with Crippen LogP contribution in [0.15, 0.2) is 24.3 Å². The van der Waals surface area contributed by atoms with Crippen molar-refractivity contribution in [1.29, 1.82) is 5.26 Å². The van der Waals surface area contributed by atoms with Crippen LogP contribution in [0.5, 0.6) is 0 Å². The highest BCUT2D eigenvalue weighted by atomic mass is 32.2. The maximum atomic E-state index is 13.4. The number of aromatic nitrogens is 2. The third-order valence-electron chi connectivity index (χ3n) is 7.69. The second kappa shape index (κ2) is 9.55. The summed E-state index contributed by atoms with van der Waals surface area (Å²) in [5.41, 5.74) is 8.45. The van der Waals surface area contributed by atoms with E-state index in [9.17, 15) is 18.0 Å². The minimum absolute atomic E-state index is 0.0315. The Kier molecular flexibility index (Phi) is 6.55. The van der Waals surface area contributed by atoms with E-state index in [4.69, 9.17) is 11.0 Å². The zero-order valence-electron chi connectivity index (χ0n) is 20.8. The highest BCUT2D eigenvalue weighted by Crippen LogP contribution is 2.47. The van der Waals surface area contributed by atoms with Gasteiger partial charge in [-0.3, -0.25) is 14.3 Å². The molecule has 11 nitrogen and oxygen atoms in total. The van der Waals surface area contributed by atoms with Gasteiger partial charge in [-0.15, -0.1) is 0 Å². The summed E-state index contributed by atoms with van der Waals surface area (Å²) in [6.45, 7) is 1.58. The third kappa shape index (κ3) is 4.63. The van der Waals surface area contributed by atoms with Gasteiger partial charge in [0.1, 0.15) is 10.4 Å². The molecule has 2 fully saturated rings. The molecule has 0 atom stereocenters. The van der Waals surface area contributed by atoms with Gasteiger partial charge in [-0.05, 0) is 49.8 Å². The quantitative estimate of drug-likeness (QED) is 0.534. The standard InChI is InChI=1S/C25H31N7O4S/c1-30-22-20(21(29-30)23(33)28-15-18-4-2-17(14-26)3-5-18)8-11-31(24(22)34)16-25(9-10-25)37(35,36)32-12-6-19(27)7-13-32/h2-5,19H,6-13,15-16,27H2,1H3,(H,28,33). The van der Waals surface area contributed by atoms with E-state index >= 15 is 0 Å². The largest absolute Gasteiger partial charge is 0.347 e. The van der Waals surface area contributed by atoms with Crippen molar-refractivity contribution in [2.45, 2.75) is 49.4 Å². The summed E-state index contributed by atoms with van der Waals surface area (Å²) in [7, 11) is -1.93. The number of nitriles is 1. The first-order chi connectivity index (χ1) is 17.6. The summed E-state index contributed by atoms with van der Waals surface area (Å²) in [5, 5.41) is 16.1. The van der Waals surface area contributed by atoms with E-state index in [1.807, 2.05) is 0 Å². The van der Waals surface area contributed by atoms with Crippen LogP contribution in [0, 0.1) is 11.3 Å². The van der Waals surface area contributed by atoms with Gasteiger partial charge in [0, 0.05) is 51.4 Å². The van der Waals surface area contributed by atoms with Crippen LogP contribution in [0.3, 0.4) is 0 Å². The number of nitrogens with zero attached hydrogens (tertiary/aromatic N) is 5. The van der Waals surface area contributed by atoms with E-state index in [1.165, 1.54) is 4.68 Å². The Morgan fingerprint density at radius 1 is 1.22 bits per heavy atom. The molecule has 2 aliphatic heterocycles. The van der Waals surface area contributed by atoms with Crippen molar-refractivity contribution in [3.63, 3.8) is 0 Å². The lowest BCUT2D eigenvalue weighted by Crippen LogP contribution is -2.52. The topological polar surface area (TPSA) is 154 Å². The van der Waals surface area contributed by atoms with Crippen LogP contribution < -0.4 is 11.1 Å². The summed E-state index contributed by atoms with van der Waals surface area (Å²) in [5.74, 6) is -0.684. The van der Waals surface area contributed by atoms with Crippen LogP contribution in [-0.2, 0) is 30.0 Å². The van der Waals surface area contributed by atoms with Gasteiger partial charge >= 0.3 is 0 Å². The predicted octanol–water partition coefficient (Wildman–Crippen LogP) is 0.506. The van der Waals surface area contributed by atoms with Crippen molar-refractivity contribution in [2.24, 2.45) is 12.8 Å². The van der Waals surface area contributed by atoms with Crippen molar-refractivity contribution < 1.29 is 18.0 Å². The number of piperidine rings is 1. The second-order valence-electron chi connectivity index (χ2n) is 10.2. The summed E-state index contributed by atoms with van der Waals surface area (Å²) < 4.78 is 28.9. The fraction of sp³-hybridized carbons (Fsp3) is 0.520. The van der Waals surface area contributed by atoms with Gasteiger partial charge in [0.05, 0.1) is 11.6 Å². The molecule has 37 heavy (non-hydrogen) atoms. The zero-order valence-corrected chi connectivity index (χ0v) is 21.6. The molecule has 1 aliphatic carbocycles. The number of amides is 2. The fourth-order valence-electron chi connectivity index (χ4n) is 5.24. The third-order valence-corrected chi connectivity index (χ3v) is 10.4. The first kappa shape index (κ1) is 25.4. The molecule has 1 saturated heterocycles. The Hall–Kier alpha value is -3.27. The fourth-order valence-corrected chi connectivity index (χ4v) is 7.42. The molecule has 2 aromatic rings. The number of carbonyl (C=O) groups is 2. The Morgan fingerprint density at radius 3 is 2.51 bits per heavy atom. The normalized spacial score (nSPS) is 19.8. The smallest absolute Gasteiger partial charge is 0.272 e. The molecule has 1 saturated carbocycles. The molecule has 2 amide bonds. The number of nitrogens with two attached hydrogens (primary N) is 1. The predicted molar refractivity (Wildman–Crippen MR) is 135 cm³/mol. The number of nitrogens with one attached hydrogen (secondary N) is 1. The number of rotatable bonds is 7. The number of fused-ring (bicyclic) bond motifs is 1. The minimum atomic E-state index is -3.55. The first-order valence-corrected chi connectivity index (χ1v) is 14.0. The highest BCUT2D eigenvalue weighted by molar-refractivity contribution is 7.90. The number of carbonyl (C=O) groups excluding carboxylic acids is 2. The number of hydrogen-bond acceptors (Lipinski definition) is 7. The number of aryl methyl sites for hydroxylation is 1. The average molecular weight is 526 g/mol. The van der Waals surface area contributed by atoms with E-state index in [2.05, 4.69) is 16.5 Å². The zero-order chi connectivity index (χ0) is 26.4. The average Bonchev–Trinajstić information content (AvgIpc) is 3.61. The molecule has 3 heterocycles. The number of benzene rings is 1. The van der Waals surface area contributed by atoms with Crippen LogP contribution in [0.4, 0.5) is 0 Å². The molecule has 0 bridgehead atoms. The van der Waals surface area contributed by atoms with Gasteiger partial charge in [0.15, 0.2) is 5.69 Å². The maximum Gasteiger partial charge on any atom is 0.272 e. The molecule has 0 spiro atoms. The lowest BCUT2D eigenvalue weighted by atomic mass is 10.0. The molecule has 3 N–H and O–H groups in total. The van der Waals surface area contributed by atoms with E-state index in [0.29, 0.717) is 68.6 Å². The van der Waals surface area contributed by atoms with Gasteiger partial charge in [-0.25, -0.2) is 12.7 Å². The number of hydrogen-bond donors (Lipinski definition) is 2. The van der Waals surface area contributed by atoms with Crippen molar-refractivity contribution in [3.05, 3.63) is 52.3 Å². The Bertz CT molecular complexity index is 1360. The molecule has 3 aliphatic rings. The van der Waals surface area contributed by atoms with E-state index in [1.54, 1.807) is 40.5 Å². The lowest BCUT2D eigenvalue weighted by Gasteiger charge is -2.35. The van der Waals surface area contributed by atoms with Crippen LogP contribution >= 0.6 is 0 Å². The molecule has 1 aromatic carbocycles. The van der Waals surface area contributed by atoms with Crippen LogP contribution in [0.1, 0.15) is 63.4 Å². The van der Waals surface area contributed by atoms with Crippen molar-refractivity contribution in [3.8, 4) is 6.07 Å². The van der Waals surface area contributed by atoms with E-state index < -0.39 is 14.8 Å². The van der Waals surface area contributed by atoms with Crippen molar-refractivity contribution in [1.82, 2.24) is 24.3 Å². The molecule has 1 aromatic heterocycles. The Labute approximate surface area is 216 Å². The molecular formula is C25H31N7O4S. The molecule has 0 unspecified atom stereocenters. The van der Waals surface area contributed by atoms with E-state index in [0.717, 1.165) is 5.56 Å². The van der Waals surface area contributed by atoms with Gasteiger partial charge in [-0.2, -0.15) is 10.4 Å². The van der Waals surface area contributed by atoms with Crippen LogP contribution in [0.25, 0.3) is 0 Å². The minimum Gasteiger partial charge on any atom is -0.347 e. The van der Waals surface area contributed by atoms with Crippen LogP contribution in [-0.4, -0.2) is 76.2 Å². The summed E-state index contributed by atoms with van der Waals surface area (Å²) in [6, 6.07) is 9.00. The highest BCUT2D eigenvalue weighted by Gasteiger charge is 2.58. The van der Waals surface area contributed by atoms with Crippen LogP contribution in [0.2, 0.25) is 0 Å². The number of sulfonamides is 1.